The van der Waals surface area contributed by atoms with Crippen LogP contribution in [0, 0.1) is 0 Å². The van der Waals surface area contributed by atoms with E-state index in [4.69, 9.17) is 4.74 Å². The van der Waals surface area contributed by atoms with Gasteiger partial charge in [-0.1, -0.05) is 102 Å². The lowest BCUT2D eigenvalue weighted by molar-refractivity contribution is 0.357. The number of aryl methyl sites for hydroxylation is 2. The summed E-state index contributed by atoms with van der Waals surface area (Å²) < 4.78 is 6.42. The van der Waals surface area contributed by atoms with E-state index in [-0.39, 0.29) is 0 Å². The first-order valence-corrected chi connectivity index (χ1v) is 15.2. The Bertz CT molecular complexity index is 924. The maximum Gasteiger partial charge on any atom is 0.130 e. The topological polar surface area (TPSA) is 9.23 Å². The van der Waals surface area contributed by atoms with Gasteiger partial charge in [-0.15, -0.1) is 0 Å². The highest BCUT2D eigenvalue weighted by Crippen LogP contribution is 2.47. The zero-order valence-corrected chi connectivity index (χ0v) is 21.7. The van der Waals surface area contributed by atoms with Gasteiger partial charge in [0.2, 0.25) is 0 Å². The van der Waals surface area contributed by atoms with Crippen LogP contribution in [-0.2, 0) is 12.8 Å². The van der Waals surface area contributed by atoms with Crippen LogP contribution in [0.5, 0.6) is 5.75 Å². The largest absolute Gasteiger partial charge is 0.489 e. The highest BCUT2D eigenvalue weighted by atomic mass is 28.3. The van der Waals surface area contributed by atoms with E-state index in [1.54, 1.807) is 0 Å². The van der Waals surface area contributed by atoms with Crippen molar-refractivity contribution in [2.75, 3.05) is 6.61 Å². The fourth-order valence-electron chi connectivity index (χ4n) is 4.94. The van der Waals surface area contributed by atoms with Crippen molar-refractivity contribution in [3.8, 4) is 5.75 Å². The van der Waals surface area contributed by atoms with Gasteiger partial charge in [0.25, 0.3) is 0 Å². The van der Waals surface area contributed by atoms with Gasteiger partial charge in [-0.25, -0.2) is 0 Å². The molecule has 3 rings (SSSR count). The van der Waals surface area contributed by atoms with E-state index < -0.39 is 8.80 Å². The van der Waals surface area contributed by atoms with Crippen LogP contribution in [0.3, 0.4) is 0 Å². The highest BCUT2D eigenvalue weighted by Gasteiger charge is 2.31. The van der Waals surface area contributed by atoms with Crippen LogP contribution in [0.25, 0.3) is 11.6 Å². The van der Waals surface area contributed by atoms with E-state index in [9.17, 15) is 0 Å². The molecule has 0 saturated heterocycles. The van der Waals surface area contributed by atoms with Crippen LogP contribution < -0.4 is 4.74 Å². The van der Waals surface area contributed by atoms with Crippen molar-refractivity contribution in [2.45, 2.75) is 83.8 Å². The minimum absolute atomic E-state index is 0.511. The molecular weight excluding hydrogens is 404 g/mol. The van der Waals surface area contributed by atoms with Crippen molar-refractivity contribution in [1.29, 1.82) is 0 Å². The molecule has 0 spiro atoms. The second-order valence-corrected chi connectivity index (χ2v) is 12.1. The summed E-state index contributed by atoms with van der Waals surface area (Å²) in [5.41, 5.74) is 9.07. The molecule has 1 radical (unpaired) electrons. The van der Waals surface area contributed by atoms with Crippen molar-refractivity contribution < 1.29 is 4.74 Å². The summed E-state index contributed by atoms with van der Waals surface area (Å²) in [6.07, 6.45) is 14.1. The number of hydrogen-bond acceptors (Lipinski definition) is 1. The Morgan fingerprint density at radius 1 is 0.969 bits per heavy atom. The number of ether oxygens (including phenoxy) is 1. The average Bonchev–Trinajstić information content (AvgIpc) is 3.18. The smallest absolute Gasteiger partial charge is 0.130 e. The number of rotatable bonds is 13. The lowest BCUT2D eigenvalue weighted by atomic mass is 9.92. The molecular formula is C30H41OSi. The molecule has 2 heteroatoms. The van der Waals surface area contributed by atoms with Crippen molar-refractivity contribution in [2.24, 2.45) is 0 Å². The van der Waals surface area contributed by atoms with E-state index in [1.807, 2.05) is 6.08 Å². The van der Waals surface area contributed by atoms with E-state index >= 15 is 0 Å². The van der Waals surface area contributed by atoms with Crippen molar-refractivity contribution >= 4 is 20.4 Å². The molecule has 0 amide bonds. The van der Waals surface area contributed by atoms with E-state index in [2.05, 4.69) is 76.0 Å². The molecule has 0 aromatic heterocycles. The van der Waals surface area contributed by atoms with E-state index in [1.165, 1.54) is 71.9 Å². The van der Waals surface area contributed by atoms with Crippen LogP contribution in [0.15, 0.2) is 49.1 Å². The molecule has 0 heterocycles. The zero-order chi connectivity index (χ0) is 22.9. The van der Waals surface area contributed by atoms with Gasteiger partial charge in [0.15, 0.2) is 0 Å². The lowest BCUT2D eigenvalue weighted by Crippen LogP contribution is -2.17. The van der Waals surface area contributed by atoms with Crippen molar-refractivity contribution in [3.63, 3.8) is 0 Å². The second kappa shape index (κ2) is 12.3. The lowest BCUT2D eigenvalue weighted by Gasteiger charge is -2.24. The number of hydrogen-bond donors (Lipinski definition) is 0. The van der Waals surface area contributed by atoms with E-state index in [0.717, 1.165) is 18.6 Å². The Balaban J connectivity index is 2.11. The molecule has 2 aromatic rings. The van der Waals surface area contributed by atoms with Gasteiger partial charge in [-0.3, -0.25) is 0 Å². The summed E-state index contributed by atoms with van der Waals surface area (Å²) in [6.45, 7) is 13.9. The Labute approximate surface area is 198 Å². The van der Waals surface area contributed by atoms with Gasteiger partial charge >= 0.3 is 0 Å². The molecule has 171 valence electrons. The van der Waals surface area contributed by atoms with E-state index in [0.29, 0.717) is 12.1 Å². The third kappa shape index (κ3) is 5.84. The minimum atomic E-state index is -0.566. The summed E-state index contributed by atoms with van der Waals surface area (Å²) in [7, 11) is -0.566. The Morgan fingerprint density at radius 2 is 1.69 bits per heavy atom. The normalized spacial score (nSPS) is 15.0. The molecule has 0 fully saturated rings. The quantitative estimate of drug-likeness (QED) is 0.170. The molecule has 1 aliphatic rings. The third-order valence-electron chi connectivity index (χ3n) is 6.51. The Morgan fingerprint density at radius 3 is 2.38 bits per heavy atom. The highest BCUT2D eigenvalue weighted by molar-refractivity contribution is 6.60. The van der Waals surface area contributed by atoms with Gasteiger partial charge in [-0.2, -0.15) is 0 Å². The first-order chi connectivity index (χ1) is 15.6. The molecule has 0 aliphatic heterocycles. The van der Waals surface area contributed by atoms with Gasteiger partial charge < -0.3 is 4.74 Å². The molecule has 2 aromatic carbocycles. The number of allylic oxidation sites excluding steroid dienone is 1. The second-order valence-electron chi connectivity index (χ2n) is 9.38. The number of fused-ring (bicyclic) bond motifs is 1. The molecule has 1 nitrogen and oxygen atoms in total. The van der Waals surface area contributed by atoms with Gasteiger partial charge in [0.05, 0.1) is 8.80 Å². The van der Waals surface area contributed by atoms with Crippen LogP contribution in [-0.4, -0.2) is 15.4 Å². The summed E-state index contributed by atoms with van der Waals surface area (Å²) in [5.74, 6) is 1.10. The van der Waals surface area contributed by atoms with Gasteiger partial charge in [-0.05, 0) is 59.6 Å². The van der Waals surface area contributed by atoms with Crippen LogP contribution >= 0.6 is 0 Å². The standard InChI is InChI=1S/C30H41OSi/c1-6-9-11-15-23-20-25(17-12-10-7-2)29(31-19-8-3)27(21-23)28-22-24-16-13-14-18-26(24)30(28)32(4)5/h8,13-14,16,18,20-22,30H,3,6-7,9-12,15,17,19H2,1-2,4-5H3. The number of unbranched alkanes of at least 4 members (excludes halogenated alkanes) is 4. The fraction of sp³-hybridized carbons (Fsp3) is 0.467. The minimum Gasteiger partial charge on any atom is -0.489 e. The maximum absolute atomic E-state index is 6.42. The fourth-order valence-corrected chi connectivity index (χ4v) is 6.68. The molecule has 0 N–H and O–H groups in total. The SMILES string of the molecule is C=CCOc1c(CCCCC)cc(CCCCC)cc1C1=Cc2ccccc2C1[Si](C)C. The summed E-state index contributed by atoms with van der Waals surface area (Å²) in [5, 5.41) is 0. The monoisotopic (exact) mass is 445 g/mol. The molecule has 32 heavy (non-hydrogen) atoms. The van der Waals surface area contributed by atoms with Gasteiger partial charge in [0, 0.05) is 11.1 Å². The molecule has 0 saturated carbocycles. The average molecular weight is 446 g/mol. The number of benzene rings is 2. The zero-order valence-electron chi connectivity index (χ0n) is 20.7. The maximum atomic E-state index is 6.42. The van der Waals surface area contributed by atoms with Crippen molar-refractivity contribution in [1.82, 2.24) is 0 Å². The van der Waals surface area contributed by atoms with Crippen LogP contribution in [0.1, 0.15) is 85.7 Å². The first kappa shape index (κ1) is 24.6. The van der Waals surface area contributed by atoms with Gasteiger partial charge in [0.1, 0.15) is 12.4 Å². The predicted octanol–water partition coefficient (Wildman–Crippen LogP) is 8.65. The first-order valence-electron chi connectivity index (χ1n) is 12.6. The third-order valence-corrected chi connectivity index (χ3v) is 8.28. The molecule has 1 aliphatic carbocycles. The molecule has 1 atom stereocenters. The van der Waals surface area contributed by atoms with Crippen molar-refractivity contribution in [3.05, 3.63) is 76.9 Å². The molecule has 0 bridgehead atoms. The van der Waals surface area contributed by atoms with Crippen LogP contribution in [0.4, 0.5) is 0 Å². The summed E-state index contributed by atoms with van der Waals surface area (Å²) >= 11 is 0. The van der Waals surface area contributed by atoms with Crippen LogP contribution in [0.2, 0.25) is 13.1 Å². The summed E-state index contributed by atoms with van der Waals surface area (Å²) in [4.78, 5) is 0. The Hall–Kier alpha value is -2.06. The predicted molar refractivity (Wildman–Crippen MR) is 143 cm³/mol. The Kier molecular flexibility index (Phi) is 9.41. The molecule has 1 unspecified atom stereocenters. The summed E-state index contributed by atoms with van der Waals surface area (Å²) in [6, 6.07) is 13.9.